The van der Waals surface area contributed by atoms with Crippen LogP contribution < -0.4 is 19.5 Å². The fourth-order valence-corrected chi connectivity index (χ4v) is 3.00. The normalized spacial score (nSPS) is 12.9. The molecule has 160 valence electrons. The molecule has 1 amide bonds. The van der Waals surface area contributed by atoms with Crippen molar-refractivity contribution in [3.8, 4) is 17.2 Å². The van der Waals surface area contributed by atoms with Crippen LogP contribution >= 0.6 is 11.6 Å². The van der Waals surface area contributed by atoms with Gasteiger partial charge in [-0.05, 0) is 61.7 Å². The molecular formula is C22H24ClNO6. The first-order chi connectivity index (χ1) is 14.4. The van der Waals surface area contributed by atoms with Crippen LogP contribution in [-0.2, 0) is 14.3 Å². The number of aryl methyl sites for hydroxylation is 1. The third-order valence-electron chi connectivity index (χ3n) is 4.56. The summed E-state index contributed by atoms with van der Waals surface area (Å²) in [5.41, 5.74) is 1.79. The van der Waals surface area contributed by atoms with Gasteiger partial charge in [0, 0.05) is 11.4 Å². The molecule has 1 heterocycles. The van der Waals surface area contributed by atoms with Gasteiger partial charge in [-0.15, -0.1) is 0 Å². The van der Waals surface area contributed by atoms with Crippen LogP contribution in [0.15, 0.2) is 36.4 Å². The minimum absolute atomic E-state index is 0.164. The van der Waals surface area contributed by atoms with E-state index in [2.05, 4.69) is 5.32 Å². The zero-order valence-electron chi connectivity index (χ0n) is 16.9. The quantitative estimate of drug-likeness (QED) is 0.476. The monoisotopic (exact) mass is 433 g/mol. The molecular weight excluding hydrogens is 410 g/mol. The van der Waals surface area contributed by atoms with Crippen molar-refractivity contribution in [2.24, 2.45) is 0 Å². The van der Waals surface area contributed by atoms with Gasteiger partial charge in [0.1, 0.15) is 5.75 Å². The molecule has 0 saturated heterocycles. The van der Waals surface area contributed by atoms with Crippen LogP contribution in [-0.4, -0.2) is 31.9 Å². The maximum absolute atomic E-state index is 12.1. The molecule has 0 bridgehead atoms. The highest BCUT2D eigenvalue weighted by atomic mass is 35.5. The number of nitrogens with one attached hydrogen (secondary N) is 1. The van der Waals surface area contributed by atoms with Crippen LogP contribution in [0.25, 0.3) is 0 Å². The van der Waals surface area contributed by atoms with Crippen LogP contribution in [0.4, 0.5) is 0 Å². The van der Waals surface area contributed by atoms with Crippen molar-refractivity contribution in [2.45, 2.75) is 32.7 Å². The summed E-state index contributed by atoms with van der Waals surface area (Å²) < 4.78 is 21.2. The third-order valence-corrected chi connectivity index (χ3v) is 4.99. The number of ether oxygens (including phenoxy) is 4. The number of carbonyl (C=O) groups is 2. The lowest BCUT2D eigenvalue weighted by atomic mass is 10.1. The molecule has 1 aliphatic rings. The lowest BCUT2D eigenvalue weighted by molar-refractivity contribution is -0.148. The number of halogens is 1. The van der Waals surface area contributed by atoms with Gasteiger partial charge in [0.15, 0.2) is 18.1 Å². The first-order valence-corrected chi connectivity index (χ1v) is 10.0. The number of carbonyl (C=O) groups excluding carboxylic acids is 2. The lowest BCUT2D eigenvalue weighted by Crippen LogP contribution is -2.31. The fraction of sp³-hybridized carbons (Fsp3) is 0.364. The maximum atomic E-state index is 12.1. The smallest absolute Gasteiger partial charge is 0.306 e. The zero-order chi connectivity index (χ0) is 21.5. The molecule has 1 N–H and O–H groups in total. The summed E-state index contributed by atoms with van der Waals surface area (Å²) in [5, 5.41) is 3.47. The molecule has 30 heavy (non-hydrogen) atoms. The van der Waals surface area contributed by atoms with E-state index in [0.717, 1.165) is 11.1 Å². The van der Waals surface area contributed by atoms with Gasteiger partial charge in [-0.25, -0.2) is 0 Å². The Labute approximate surface area is 180 Å². The Hall–Kier alpha value is -2.93. The summed E-state index contributed by atoms with van der Waals surface area (Å²) >= 11 is 5.97. The fourth-order valence-electron chi connectivity index (χ4n) is 2.88. The van der Waals surface area contributed by atoms with Crippen molar-refractivity contribution in [2.75, 3.05) is 20.0 Å². The van der Waals surface area contributed by atoms with Gasteiger partial charge in [0.2, 0.25) is 6.79 Å². The Morgan fingerprint density at radius 2 is 1.97 bits per heavy atom. The largest absolute Gasteiger partial charge is 0.494 e. The number of hydrogen-bond acceptors (Lipinski definition) is 6. The number of fused-ring (bicyclic) bond motifs is 1. The van der Waals surface area contributed by atoms with Gasteiger partial charge in [0.25, 0.3) is 5.91 Å². The number of benzene rings is 2. The number of hydrogen-bond donors (Lipinski definition) is 1. The lowest BCUT2D eigenvalue weighted by Gasteiger charge is -2.15. The van der Waals surface area contributed by atoms with Crippen LogP contribution in [0, 0.1) is 6.92 Å². The van der Waals surface area contributed by atoms with Crippen LogP contribution in [0.2, 0.25) is 5.02 Å². The second kappa shape index (κ2) is 10.2. The minimum atomic E-state index is -0.447. The number of esters is 1. The van der Waals surface area contributed by atoms with E-state index in [1.54, 1.807) is 18.2 Å². The molecule has 2 aromatic carbocycles. The molecule has 0 saturated carbocycles. The van der Waals surface area contributed by atoms with Crippen LogP contribution in [0.1, 0.15) is 36.9 Å². The van der Waals surface area contributed by atoms with Gasteiger partial charge >= 0.3 is 5.97 Å². The summed E-state index contributed by atoms with van der Waals surface area (Å²) in [5.74, 6) is 1.21. The average molecular weight is 434 g/mol. The van der Waals surface area contributed by atoms with E-state index < -0.39 is 5.97 Å². The van der Waals surface area contributed by atoms with Crippen molar-refractivity contribution in [1.29, 1.82) is 0 Å². The molecule has 0 spiro atoms. The molecule has 3 rings (SSSR count). The van der Waals surface area contributed by atoms with Crippen LogP contribution in [0.3, 0.4) is 0 Å². The highest BCUT2D eigenvalue weighted by molar-refractivity contribution is 6.31. The van der Waals surface area contributed by atoms with Crippen molar-refractivity contribution in [3.63, 3.8) is 0 Å². The summed E-state index contributed by atoms with van der Waals surface area (Å²) in [6, 6.07) is 10.6. The molecule has 0 fully saturated rings. The highest BCUT2D eigenvalue weighted by Crippen LogP contribution is 2.34. The average Bonchev–Trinajstić information content (AvgIpc) is 3.20. The third kappa shape index (κ3) is 6.03. The Morgan fingerprint density at radius 1 is 1.17 bits per heavy atom. The molecule has 1 unspecified atom stereocenters. The maximum Gasteiger partial charge on any atom is 0.306 e. The second-order valence-electron chi connectivity index (χ2n) is 6.93. The predicted octanol–water partition coefficient (Wildman–Crippen LogP) is 3.96. The summed E-state index contributed by atoms with van der Waals surface area (Å²) in [7, 11) is 0. The first-order valence-electron chi connectivity index (χ1n) is 9.66. The van der Waals surface area contributed by atoms with Crippen LogP contribution in [0.5, 0.6) is 17.2 Å². The van der Waals surface area contributed by atoms with E-state index in [9.17, 15) is 9.59 Å². The molecule has 1 aliphatic heterocycles. The van der Waals surface area contributed by atoms with Crippen molar-refractivity contribution < 1.29 is 28.5 Å². The van der Waals surface area contributed by atoms with E-state index in [4.69, 9.17) is 30.5 Å². The zero-order valence-corrected chi connectivity index (χ0v) is 17.7. The predicted molar refractivity (Wildman–Crippen MR) is 111 cm³/mol. The number of rotatable bonds is 9. The molecule has 0 radical (unpaired) electrons. The van der Waals surface area contributed by atoms with E-state index in [1.165, 1.54) is 0 Å². The van der Waals surface area contributed by atoms with E-state index in [-0.39, 0.29) is 31.8 Å². The Kier molecular flexibility index (Phi) is 7.41. The summed E-state index contributed by atoms with van der Waals surface area (Å²) in [6.07, 6.45) is 0.646. The first kappa shape index (κ1) is 21.8. The Bertz CT molecular complexity index is 916. The number of amides is 1. The van der Waals surface area contributed by atoms with E-state index in [0.29, 0.717) is 35.3 Å². The molecule has 0 aromatic heterocycles. The standard InChI is InChI=1S/C22H24ClNO6/c1-14-10-17(6-7-18(14)23)27-9-3-4-22(26)28-12-21(25)24-15(2)16-5-8-19-20(11-16)30-13-29-19/h5-8,10-11,15H,3-4,9,12-13H2,1-2H3,(H,24,25). The van der Waals surface area contributed by atoms with E-state index in [1.807, 2.05) is 32.0 Å². The Morgan fingerprint density at radius 3 is 2.77 bits per heavy atom. The molecule has 0 aliphatic carbocycles. The van der Waals surface area contributed by atoms with Gasteiger partial charge in [-0.1, -0.05) is 17.7 Å². The van der Waals surface area contributed by atoms with Gasteiger partial charge in [0.05, 0.1) is 12.6 Å². The SMILES string of the molecule is Cc1cc(OCCCC(=O)OCC(=O)NC(C)c2ccc3c(c2)OCO3)ccc1Cl. The van der Waals surface area contributed by atoms with Crippen molar-refractivity contribution in [1.82, 2.24) is 5.32 Å². The molecule has 1 atom stereocenters. The molecule has 2 aromatic rings. The minimum Gasteiger partial charge on any atom is -0.494 e. The second-order valence-corrected chi connectivity index (χ2v) is 7.33. The Balaban J connectivity index is 1.33. The molecule has 7 nitrogen and oxygen atoms in total. The summed E-state index contributed by atoms with van der Waals surface area (Å²) in [4.78, 5) is 23.9. The summed E-state index contributed by atoms with van der Waals surface area (Å²) in [6.45, 7) is 3.96. The van der Waals surface area contributed by atoms with E-state index >= 15 is 0 Å². The van der Waals surface area contributed by atoms with Gasteiger partial charge in [-0.3, -0.25) is 9.59 Å². The topological polar surface area (TPSA) is 83.1 Å². The van der Waals surface area contributed by atoms with Gasteiger partial charge in [-0.2, -0.15) is 0 Å². The van der Waals surface area contributed by atoms with Crippen molar-refractivity contribution in [3.05, 3.63) is 52.5 Å². The van der Waals surface area contributed by atoms with Gasteiger partial charge < -0.3 is 24.3 Å². The molecule has 8 heteroatoms. The van der Waals surface area contributed by atoms with Crippen molar-refractivity contribution >= 4 is 23.5 Å². The highest BCUT2D eigenvalue weighted by Gasteiger charge is 2.17.